The van der Waals surface area contributed by atoms with Gasteiger partial charge in [0, 0.05) is 12.7 Å². The molecule has 0 aliphatic carbocycles. The van der Waals surface area contributed by atoms with E-state index < -0.39 is 37.1 Å². The molecule has 1 N–H and O–H groups in total. The van der Waals surface area contributed by atoms with Gasteiger partial charge in [-0.3, -0.25) is 0 Å². The zero-order valence-corrected chi connectivity index (χ0v) is 11.0. The Bertz CT molecular complexity index is 440. The number of hydrogen-bond donors (Lipinski definition) is 1. The minimum absolute atomic E-state index is 0.216. The van der Waals surface area contributed by atoms with E-state index in [0.29, 0.717) is 0 Å². The summed E-state index contributed by atoms with van der Waals surface area (Å²) in [7, 11) is 1.33. The maximum atomic E-state index is 13.9. The minimum atomic E-state index is -1.64. The Hall–Kier alpha value is -1.05. The maximum Gasteiger partial charge on any atom is 0.191 e. The lowest BCUT2D eigenvalue weighted by Crippen LogP contribution is -2.60. The molecule has 0 saturated carbocycles. The Balaban J connectivity index is 1.74. The molecule has 0 amide bonds. The first-order chi connectivity index (χ1) is 9.70. The summed E-state index contributed by atoms with van der Waals surface area (Å²) in [6.45, 7) is 0.216. The maximum absolute atomic E-state index is 13.9. The lowest BCUT2D eigenvalue weighted by atomic mass is 9.99. The van der Waals surface area contributed by atoms with E-state index in [1.165, 1.54) is 7.11 Å². The van der Waals surface area contributed by atoms with Crippen LogP contribution < -0.4 is 0 Å². The van der Waals surface area contributed by atoms with Crippen LogP contribution in [-0.4, -0.2) is 49.6 Å². The summed E-state index contributed by atoms with van der Waals surface area (Å²) in [5.41, 5.74) is 0.822. The molecular weight excluding hydrogens is 267 g/mol. The van der Waals surface area contributed by atoms with Gasteiger partial charge in [0.1, 0.15) is 18.3 Å². The first-order valence-corrected chi connectivity index (χ1v) is 6.53. The van der Waals surface area contributed by atoms with E-state index in [4.69, 9.17) is 18.9 Å². The third-order valence-electron chi connectivity index (χ3n) is 3.59. The molecule has 2 fully saturated rings. The molecule has 2 heterocycles. The van der Waals surface area contributed by atoms with Gasteiger partial charge in [-0.05, 0) is 0 Å². The average molecular weight is 284 g/mol. The molecule has 20 heavy (non-hydrogen) atoms. The number of aliphatic hydroxyl groups is 1. The summed E-state index contributed by atoms with van der Waals surface area (Å²) in [6, 6.07) is 9.31. The van der Waals surface area contributed by atoms with E-state index in [0.717, 1.165) is 5.56 Å². The van der Waals surface area contributed by atoms with Crippen molar-refractivity contribution >= 4 is 0 Å². The summed E-state index contributed by atoms with van der Waals surface area (Å²) >= 11 is 0. The lowest BCUT2D eigenvalue weighted by molar-refractivity contribution is -0.350. The molecule has 6 atom stereocenters. The molecule has 110 valence electrons. The van der Waals surface area contributed by atoms with E-state index in [9.17, 15) is 9.50 Å². The smallest absolute Gasteiger partial charge is 0.191 e. The van der Waals surface area contributed by atoms with Gasteiger partial charge in [-0.1, -0.05) is 30.3 Å². The number of benzene rings is 1. The average Bonchev–Trinajstić information content (AvgIpc) is 2.51. The molecule has 0 radical (unpaired) electrons. The van der Waals surface area contributed by atoms with Gasteiger partial charge < -0.3 is 24.1 Å². The van der Waals surface area contributed by atoms with Crippen LogP contribution in [0.3, 0.4) is 0 Å². The second kappa shape index (κ2) is 5.75. The molecule has 0 bridgehead atoms. The number of halogens is 1. The van der Waals surface area contributed by atoms with Crippen LogP contribution in [0.4, 0.5) is 4.39 Å². The summed E-state index contributed by atoms with van der Waals surface area (Å²) < 4.78 is 35.4. The molecule has 5 nitrogen and oxygen atoms in total. The van der Waals surface area contributed by atoms with E-state index >= 15 is 0 Å². The molecule has 1 aromatic carbocycles. The molecule has 2 aliphatic rings. The molecule has 2 aliphatic heterocycles. The summed E-state index contributed by atoms with van der Waals surface area (Å²) in [6.07, 6.45) is -5.96. The third-order valence-corrected chi connectivity index (χ3v) is 3.59. The van der Waals surface area contributed by atoms with Crippen molar-refractivity contribution in [3.05, 3.63) is 35.9 Å². The highest BCUT2D eigenvalue weighted by Crippen LogP contribution is 2.34. The van der Waals surface area contributed by atoms with Crippen LogP contribution in [0.5, 0.6) is 0 Å². The van der Waals surface area contributed by atoms with Gasteiger partial charge in [0.05, 0.1) is 6.61 Å². The quantitative estimate of drug-likeness (QED) is 0.883. The third kappa shape index (κ3) is 2.45. The number of fused-ring (bicyclic) bond motifs is 1. The first-order valence-electron chi connectivity index (χ1n) is 6.53. The second-order valence-corrected chi connectivity index (χ2v) is 4.89. The predicted molar refractivity (Wildman–Crippen MR) is 66.6 cm³/mol. The fourth-order valence-electron chi connectivity index (χ4n) is 2.52. The van der Waals surface area contributed by atoms with Crippen LogP contribution in [0.25, 0.3) is 0 Å². The van der Waals surface area contributed by atoms with Gasteiger partial charge in [-0.15, -0.1) is 0 Å². The van der Waals surface area contributed by atoms with E-state index in [1.54, 1.807) is 0 Å². The van der Waals surface area contributed by atoms with Gasteiger partial charge >= 0.3 is 0 Å². The van der Waals surface area contributed by atoms with Gasteiger partial charge in [0.2, 0.25) is 0 Å². The van der Waals surface area contributed by atoms with Crippen molar-refractivity contribution in [3.8, 4) is 0 Å². The van der Waals surface area contributed by atoms with Crippen LogP contribution in [0.1, 0.15) is 11.9 Å². The Morgan fingerprint density at radius 2 is 2.00 bits per heavy atom. The second-order valence-electron chi connectivity index (χ2n) is 4.89. The number of alkyl halides is 1. The van der Waals surface area contributed by atoms with Crippen molar-refractivity contribution in [1.29, 1.82) is 0 Å². The minimum Gasteiger partial charge on any atom is -0.387 e. The number of rotatable bonds is 2. The Morgan fingerprint density at radius 1 is 1.25 bits per heavy atom. The molecule has 3 rings (SSSR count). The van der Waals surface area contributed by atoms with E-state index in [-0.39, 0.29) is 6.61 Å². The Labute approximate surface area is 116 Å². The number of hydrogen-bond acceptors (Lipinski definition) is 5. The predicted octanol–water partition coefficient (Wildman–Crippen LogP) is 1.17. The van der Waals surface area contributed by atoms with Crippen LogP contribution in [-0.2, 0) is 18.9 Å². The molecule has 2 saturated heterocycles. The summed E-state index contributed by atoms with van der Waals surface area (Å²) in [5, 5.41) is 10.0. The Morgan fingerprint density at radius 3 is 2.70 bits per heavy atom. The number of ether oxygens (including phenoxy) is 4. The van der Waals surface area contributed by atoms with Crippen molar-refractivity contribution in [3.63, 3.8) is 0 Å². The van der Waals surface area contributed by atoms with Crippen molar-refractivity contribution in [2.24, 2.45) is 0 Å². The van der Waals surface area contributed by atoms with Crippen molar-refractivity contribution < 1.29 is 28.4 Å². The largest absolute Gasteiger partial charge is 0.387 e. The lowest BCUT2D eigenvalue weighted by Gasteiger charge is -2.45. The van der Waals surface area contributed by atoms with Gasteiger partial charge in [0.15, 0.2) is 18.8 Å². The SMILES string of the molecule is COC1O[C@@H]2CO[C@@H](c3ccccc3)O[C@H]2[C@H](O)[C@H]1F. The number of methoxy groups -OCH3 is 1. The van der Waals surface area contributed by atoms with Crippen LogP contribution in [0.15, 0.2) is 30.3 Å². The highest BCUT2D eigenvalue weighted by Gasteiger charge is 2.49. The topological polar surface area (TPSA) is 57.2 Å². The molecule has 0 spiro atoms. The normalized spacial score (nSPS) is 41.1. The summed E-state index contributed by atoms with van der Waals surface area (Å²) in [4.78, 5) is 0. The molecule has 1 unspecified atom stereocenters. The number of aliphatic hydroxyl groups excluding tert-OH is 1. The molecule has 6 heteroatoms. The van der Waals surface area contributed by atoms with Crippen molar-refractivity contribution in [2.75, 3.05) is 13.7 Å². The first kappa shape index (κ1) is 13.9. The molecular formula is C14H17FO5. The van der Waals surface area contributed by atoms with Crippen LogP contribution in [0, 0.1) is 0 Å². The highest BCUT2D eigenvalue weighted by molar-refractivity contribution is 5.16. The van der Waals surface area contributed by atoms with Crippen molar-refractivity contribution in [2.45, 2.75) is 37.1 Å². The fourth-order valence-corrected chi connectivity index (χ4v) is 2.52. The van der Waals surface area contributed by atoms with Gasteiger partial charge in [-0.2, -0.15) is 0 Å². The zero-order valence-electron chi connectivity index (χ0n) is 11.0. The van der Waals surface area contributed by atoms with Gasteiger partial charge in [0.25, 0.3) is 0 Å². The van der Waals surface area contributed by atoms with Crippen LogP contribution >= 0.6 is 0 Å². The fraction of sp³-hybridized carbons (Fsp3) is 0.571. The van der Waals surface area contributed by atoms with Gasteiger partial charge in [-0.25, -0.2) is 4.39 Å². The van der Waals surface area contributed by atoms with Crippen molar-refractivity contribution in [1.82, 2.24) is 0 Å². The monoisotopic (exact) mass is 284 g/mol. The Kier molecular flexibility index (Phi) is 4.00. The van der Waals surface area contributed by atoms with E-state index in [2.05, 4.69) is 0 Å². The molecule has 1 aromatic rings. The zero-order chi connectivity index (χ0) is 14.1. The summed E-state index contributed by atoms with van der Waals surface area (Å²) in [5.74, 6) is 0. The standard InChI is InChI=1S/C14H17FO5/c1-17-14-10(15)11(16)12-9(19-14)7-18-13(20-12)8-5-3-2-4-6-8/h2-6,9-14,16H,7H2,1H3/t9-,10-,11-,12-,13-,14?/m1/s1. The highest BCUT2D eigenvalue weighted by atomic mass is 19.1. The van der Waals surface area contributed by atoms with E-state index in [1.807, 2.05) is 30.3 Å². The molecule has 0 aromatic heterocycles. The van der Waals surface area contributed by atoms with Crippen LogP contribution in [0.2, 0.25) is 0 Å².